The van der Waals surface area contributed by atoms with Crippen LogP contribution < -0.4 is 10.5 Å². The lowest BCUT2D eigenvalue weighted by atomic mass is 9.91. The molecule has 2 saturated heterocycles. The molecule has 2 aromatic heterocycles. The summed E-state index contributed by atoms with van der Waals surface area (Å²) >= 11 is 6.82. The fourth-order valence-electron chi connectivity index (χ4n) is 5.09. The van der Waals surface area contributed by atoms with E-state index in [4.69, 9.17) is 17.2 Å². The predicted molar refractivity (Wildman–Crippen MR) is 151 cm³/mol. The van der Waals surface area contributed by atoms with E-state index < -0.39 is 0 Å². The Bertz CT molecular complexity index is 1430. The number of pyridine rings is 1. The number of thiocarbonyl (C=S) groups is 1. The average molecular weight is 519 g/mol. The summed E-state index contributed by atoms with van der Waals surface area (Å²) in [5.41, 5.74) is 4.02. The summed E-state index contributed by atoms with van der Waals surface area (Å²) in [6.45, 7) is 10.5. The number of thioether (sulfide) groups is 1. The quantitative estimate of drug-likeness (QED) is 0.350. The summed E-state index contributed by atoms with van der Waals surface area (Å²) < 4.78 is 2.08. The monoisotopic (exact) mass is 518 g/mol. The first-order valence-electron chi connectivity index (χ1n) is 12.3. The van der Waals surface area contributed by atoms with Crippen LogP contribution in [0.3, 0.4) is 0 Å². The van der Waals surface area contributed by atoms with Crippen molar-refractivity contribution in [2.24, 2.45) is 11.8 Å². The summed E-state index contributed by atoms with van der Waals surface area (Å²) in [4.78, 5) is 36.4. The minimum Gasteiger partial charge on any atom is -0.355 e. The molecule has 4 heterocycles. The summed E-state index contributed by atoms with van der Waals surface area (Å²) in [7, 11) is 0. The minimum absolute atomic E-state index is 0.173. The van der Waals surface area contributed by atoms with Crippen molar-refractivity contribution < 1.29 is 4.79 Å². The second kappa shape index (κ2) is 9.82. The van der Waals surface area contributed by atoms with E-state index in [1.54, 1.807) is 21.6 Å². The molecule has 36 heavy (non-hydrogen) atoms. The van der Waals surface area contributed by atoms with Crippen LogP contribution in [0.1, 0.15) is 42.5 Å². The molecular formula is C28H30N4O2S2. The van der Waals surface area contributed by atoms with Gasteiger partial charge in [0.25, 0.3) is 11.5 Å². The fourth-order valence-corrected chi connectivity index (χ4v) is 6.33. The van der Waals surface area contributed by atoms with Gasteiger partial charge in [-0.05, 0) is 55.4 Å². The van der Waals surface area contributed by atoms with Crippen LogP contribution in [0.2, 0.25) is 0 Å². The van der Waals surface area contributed by atoms with Gasteiger partial charge in [0.1, 0.15) is 15.8 Å². The van der Waals surface area contributed by atoms with Crippen LogP contribution in [0.4, 0.5) is 5.82 Å². The molecule has 2 unspecified atom stereocenters. The van der Waals surface area contributed by atoms with Crippen molar-refractivity contribution in [1.29, 1.82) is 0 Å². The van der Waals surface area contributed by atoms with Crippen LogP contribution >= 0.6 is 24.0 Å². The molecule has 0 radical (unpaired) electrons. The molecule has 0 bridgehead atoms. The highest BCUT2D eigenvalue weighted by Gasteiger charge is 2.33. The lowest BCUT2D eigenvalue weighted by Crippen LogP contribution is -2.40. The van der Waals surface area contributed by atoms with Gasteiger partial charge in [-0.25, -0.2) is 4.98 Å². The van der Waals surface area contributed by atoms with E-state index in [9.17, 15) is 9.59 Å². The molecule has 2 atom stereocenters. The molecule has 0 saturated carbocycles. The Kier molecular flexibility index (Phi) is 6.74. The number of fused-ring (bicyclic) bond motifs is 1. The number of hydrogen-bond acceptors (Lipinski definition) is 6. The van der Waals surface area contributed by atoms with E-state index in [0.29, 0.717) is 44.6 Å². The van der Waals surface area contributed by atoms with Crippen molar-refractivity contribution >= 4 is 51.7 Å². The van der Waals surface area contributed by atoms with E-state index in [-0.39, 0.29) is 11.5 Å². The van der Waals surface area contributed by atoms with Gasteiger partial charge in [0, 0.05) is 19.3 Å². The lowest BCUT2D eigenvalue weighted by molar-refractivity contribution is -0.122. The van der Waals surface area contributed by atoms with Crippen molar-refractivity contribution in [3.63, 3.8) is 0 Å². The first-order valence-corrected chi connectivity index (χ1v) is 13.5. The number of piperidine rings is 1. The van der Waals surface area contributed by atoms with Crippen LogP contribution in [-0.4, -0.2) is 37.6 Å². The van der Waals surface area contributed by atoms with Gasteiger partial charge < -0.3 is 4.90 Å². The Morgan fingerprint density at radius 1 is 1.03 bits per heavy atom. The zero-order chi connectivity index (χ0) is 25.6. The molecule has 6 nitrogen and oxygen atoms in total. The van der Waals surface area contributed by atoms with Crippen LogP contribution in [0.25, 0.3) is 11.7 Å². The molecule has 0 aliphatic carbocycles. The SMILES string of the molecule is Cc1ccc(CN2C(=O)C(=Cc3c(N4CC(C)CC(C)C4)nc4ccc(C)cn4c3=O)SC2=S)cc1. The zero-order valence-electron chi connectivity index (χ0n) is 21.0. The van der Waals surface area contributed by atoms with Gasteiger partial charge in [0.15, 0.2) is 0 Å². The highest BCUT2D eigenvalue weighted by molar-refractivity contribution is 8.26. The summed E-state index contributed by atoms with van der Waals surface area (Å²) in [6.07, 6.45) is 4.66. The molecule has 0 N–H and O–H groups in total. The molecule has 186 valence electrons. The van der Waals surface area contributed by atoms with Crippen LogP contribution in [0.15, 0.2) is 52.3 Å². The second-order valence-corrected chi connectivity index (χ2v) is 11.9. The Labute approximate surface area is 221 Å². The molecule has 5 rings (SSSR count). The van der Waals surface area contributed by atoms with Gasteiger partial charge in [-0.1, -0.05) is 73.7 Å². The normalized spacial score (nSPS) is 21.7. The first kappa shape index (κ1) is 24.7. The smallest absolute Gasteiger partial charge is 0.267 e. The average Bonchev–Trinajstić information content (AvgIpc) is 3.09. The Morgan fingerprint density at radius 3 is 2.39 bits per heavy atom. The van der Waals surface area contributed by atoms with E-state index in [0.717, 1.165) is 36.2 Å². The number of carbonyl (C=O) groups is 1. The highest BCUT2D eigenvalue weighted by Crippen LogP contribution is 2.35. The molecule has 2 aliphatic heterocycles. The standard InChI is InChI=1S/C28H30N4O2S2/c1-17-5-8-21(9-6-17)16-32-27(34)23(36-28(32)35)12-22-25(30-13-19(3)11-20(4)14-30)29-24-10-7-18(2)15-31(24)26(22)33/h5-10,12,15,19-20H,11,13-14,16H2,1-4H3. The molecule has 3 aromatic rings. The maximum absolute atomic E-state index is 13.8. The number of hydrogen-bond donors (Lipinski definition) is 0. The lowest BCUT2D eigenvalue weighted by Gasteiger charge is -2.36. The Balaban J connectivity index is 1.57. The van der Waals surface area contributed by atoms with Gasteiger partial charge >= 0.3 is 0 Å². The summed E-state index contributed by atoms with van der Waals surface area (Å²) in [6, 6.07) is 11.9. The van der Waals surface area contributed by atoms with E-state index in [2.05, 4.69) is 18.7 Å². The largest absolute Gasteiger partial charge is 0.355 e. The van der Waals surface area contributed by atoms with E-state index >= 15 is 0 Å². The van der Waals surface area contributed by atoms with Crippen molar-refractivity contribution in [2.45, 2.75) is 40.7 Å². The molecule has 8 heteroatoms. The Morgan fingerprint density at radius 2 is 1.69 bits per heavy atom. The number of amides is 1. The number of anilines is 1. The molecule has 1 amide bonds. The van der Waals surface area contributed by atoms with Crippen molar-refractivity contribution in [2.75, 3.05) is 18.0 Å². The van der Waals surface area contributed by atoms with Gasteiger partial charge in [-0.15, -0.1) is 0 Å². The van der Waals surface area contributed by atoms with Crippen molar-refractivity contribution in [3.8, 4) is 0 Å². The number of aromatic nitrogens is 2. The molecule has 1 aromatic carbocycles. The molecule has 2 aliphatic rings. The zero-order valence-corrected chi connectivity index (χ0v) is 22.7. The Hall–Kier alpha value is -2.97. The third-order valence-corrected chi connectivity index (χ3v) is 8.14. The van der Waals surface area contributed by atoms with Gasteiger partial charge in [0.2, 0.25) is 0 Å². The van der Waals surface area contributed by atoms with Crippen molar-refractivity contribution in [3.05, 3.63) is 80.1 Å². The number of carbonyl (C=O) groups excluding carboxylic acids is 1. The predicted octanol–water partition coefficient (Wildman–Crippen LogP) is 5.20. The number of benzene rings is 1. The second-order valence-electron chi connectivity index (χ2n) is 10.2. The van der Waals surface area contributed by atoms with Gasteiger partial charge in [0.05, 0.1) is 17.0 Å². The topological polar surface area (TPSA) is 57.9 Å². The fraction of sp³-hybridized carbons (Fsp3) is 0.357. The summed E-state index contributed by atoms with van der Waals surface area (Å²) in [5.74, 6) is 1.46. The van der Waals surface area contributed by atoms with E-state index in [1.807, 2.05) is 50.2 Å². The molecule has 0 spiro atoms. The number of nitrogens with zero attached hydrogens (tertiary/aromatic N) is 4. The van der Waals surface area contributed by atoms with Crippen LogP contribution in [0.5, 0.6) is 0 Å². The maximum Gasteiger partial charge on any atom is 0.267 e. The third-order valence-electron chi connectivity index (χ3n) is 6.76. The van der Waals surface area contributed by atoms with Gasteiger partial charge in [-0.3, -0.25) is 18.9 Å². The van der Waals surface area contributed by atoms with Crippen molar-refractivity contribution in [1.82, 2.24) is 14.3 Å². The number of rotatable bonds is 4. The third kappa shape index (κ3) is 4.84. The highest BCUT2D eigenvalue weighted by atomic mass is 32.2. The number of aryl methyl sites for hydroxylation is 2. The van der Waals surface area contributed by atoms with Crippen LogP contribution in [-0.2, 0) is 11.3 Å². The van der Waals surface area contributed by atoms with Crippen LogP contribution in [0, 0.1) is 25.7 Å². The first-order chi connectivity index (χ1) is 17.2. The summed E-state index contributed by atoms with van der Waals surface area (Å²) in [5, 5.41) is 0. The van der Waals surface area contributed by atoms with Gasteiger partial charge in [-0.2, -0.15) is 0 Å². The van der Waals surface area contributed by atoms with E-state index in [1.165, 1.54) is 11.8 Å². The molecular weight excluding hydrogens is 488 g/mol. The maximum atomic E-state index is 13.8. The minimum atomic E-state index is -0.175. The molecule has 2 fully saturated rings.